The van der Waals surface area contributed by atoms with Gasteiger partial charge in [-0.15, -0.1) is 0 Å². The highest BCUT2D eigenvalue weighted by molar-refractivity contribution is 6.32. The number of aliphatic hydroxyl groups excluding tert-OH is 1. The Hall–Kier alpha value is -1.51. The molecule has 106 valence electrons. The smallest absolute Gasteiger partial charge is 0.138 e. The van der Waals surface area contributed by atoms with Gasteiger partial charge in [-0.1, -0.05) is 35.9 Å². The lowest BCUT2D eigenvalue weighted by Crippen LogP contribution is -2.01. The fourth-order valence-electron chi connectivity index (χ4n) is 2.12. The second-order valence-electron chi connectivity index (χ2n) is 5.02. The summed E-state index contributed by atoms with van der Waals surface area (Å²) < 4.78 is 5.81. The summed E-state index contributed by atoms with van der Waals surface area (Å²) in [6.07, 6.45) is -0.528. The Balaban J connectivity index is 2.15. The molecule has 3 heteroatoms. The maximum Gasteiger partial charge on any atom is 0.138 e. The molecule has 2 aromatic carbocycles. The van der Waals surface area contributed by atoms with Gasteiger partial charge in [0.05, 0.1) is 11.1 Å². The van der Waals surface area contributed by atoms with Gasteiger partial charge in [-0.05, 0) is 55.2 Å². The van der Waals surface area contributed by atoms with Crippen LogP contribution in [0.25, 0.3) is 0 Å². The summed E-state index contributed by atoms with van der Waals surface area (Å²) >= 11 is 6.18. The third-order valence-electron chi connectivity index (χ3n) is 3.45. The van der Waals surface area contributed by atoms with Crippen LogP contribution < -0.4 is 4.74 Å². The van der Waals surface area contributed by atoms with Crippen molar-refractivity contribution in [2.45, 2.75) is 33.5 Å². The van der Waals surface area contributed by atoms with Gasteiger partial charge in [0.25, 0.3) is 0 Å². The Morgan fingerprint density at radius 1 is 1.15 bits per heavy atom. The maximum absolute atomic E-state index is 9.52. The molecule has 0 saturated carbocycles. The van der Waals surface area contributed by atoms with Crippen molar-refractivity contribution < 1.29 is 9.84 Å². The third kappa shape index (κ3) is 3.33. The van der Waals surface area contributed by atoms with Crippen LogP contribution in [0.4, 0.5) is 0 Å². The SMILES string of the molecule is Cc1cccc(C)c1COc1ccc([C@H](C)O)cc1Cl. The van der Waals surface area contributed by atoms with Crippen molar-refractivity contribution in [3.8, 4) is 5.75 Å². The monoisotopic (exact) mass is 290 g/mol. The molecule has 2 rings (SSSR count). The van der Waals surface area contributed by atoms with Gasteiger partial charge in [-0.3, -0.25) is 0 Å². The molecule has 0 heterocycles. The van der Waals surface area contributed by atoms with E-state index in [2.05, 4.69) is 26.0 Å². The molecule has 1 atom stereocenters. The van der Waals surface area contributed by atoms with Gasteiger partial charge in [0, 0.05) is 0 Å². The van der Waals surface area contributed by atoms with Crippen LogP contribution in [0.3, 0.4) is 0 Å². The summed E-state index contributed by atoms with van der Waals surface area (Å²) in [6.45, 7) is 6.35. The van der Waals surface area contributed by atoms with E-state index in [1.807, 2.05) is 12.1 Å². The molecule has 2 nitrogen and oxygen atoms in total. The zero-order chi connectivity index (χ0) is 14.7. The van der Waals surface area contributed by atoms with E-state index in [1.165, 1.54) is 16.7 Å². The molecule has 0 aliphatic heterocycles. The quantitative estimate of drug-likeness (QED) is 0.892. The molecule has 0 unspecified atom stereocenters. The van der Waals surface area contributed by atoms with E-state index >= 15 is 0 Å². The summed E-state index contributed by atoms with van der Waals surface area (Å²) in [5, 5.41) is 10.0. The van der Waals surface area contributed by atoms with Gasteiger partial charge in [0.2, 0.25) is 0 Å². The van der Waals surface area contributed by atoms with Crippen molar-refractivity contribution in [2.75, 3.05) is 0 Å². The van der Waals surface area contributed by atoms with E-state index < -0.39 is 6.10 Å². The standard InChI is InChI=1S/C17H19ClO2/c1-11-5-4-6-12(2)15(11)10-20-17-8-7-14(13(3)19)9-16(17)18/h4-9,13,19H,10H2,1-3H3/t13-/m0/s1. The zero-order valence-electron chi connectivity index (χ0n) is 12.0. The molecule has 0 aliphatic rings. The van der Waals surface area contributed by atoms with E-state index in [9.17, 15) is 5.11 Å². The van der Waals surface area contributed by atoms with Crippen LogP contribution in [0.5, 0.6) is 5.75 Å². The van der Waals surface area contributed by atoms with Gasteiger partial charge in [-0.2, -0.15) is 0 Å². The van der Waals surface area contributed by atoms with Crippen molar-refractivity contribution in [3.05, 3.63) is 63.7 Å². The highest BCUT2D eigenvalue weighted by Gasteiger charge is 2.08. The van der Waals surface area contributed by atoms with Crippen LogP contribution in [0.15, 0.2) is 36.4 Å². The molecular weight excluding hydrogens is 272 g/mol. The lowest BCUT2D eigenvalue weighted by molar-refractivity contribution is 0.199. The van der Waals surface area contributed by atoms with Gasteiger partial charge >= 0.3 is 0 Å². The highest BCUT2D eigenvalue weighted by atomic mass is 35.5. The largest absolute Gasteiger partial charge is 0.487 e. The number of benzene rings is 2. The number of halogens is 1. The van der Waals surface area contributed by atoms with Crippen molar-refractivity contribution in [3.63, 3.8) is 0 Å². The van der Waals surface area contributed by atoms with Crippen molar-refractivity contribution >= 4 is 11.6 Å². The van der Waals surface area contributed by atoms with Gasteiger partial charge in [0.1, 0.15) is 12.4 Å². The molecule has 0 bridgehead atoms. The topological polar surface area (TPSA) is 29.5 Å². The first-order valence-electron chi connectivity index (χ1n) is 6.64. The predicted octanol–water partition coefficient (Wildman–Crippen LogP) is 4.59. The molecule has 0 fully saturated rings. The molecule has 20 heavy (non-hydrogen) atoms. The summed E-state index contributed by atoms with van der Waals surface area (Å²) in [5.41, 5.74) is 4.39. The number of aryl methyl sites for hydroxylation is 2. The molecule has 2 aromatic rings. The first kappa shape index (κ1) is 14.9. The lowest BCUT2D eigenvalue weighted by atomic mass is 10.0. The fraction of sp³-hybridized carbons (Fsp3) is 0.294. The molecular formula is C17H19ClO2. The van der Waals surface area contributed by atoms with E-state index in [0.29, 0.717) is 17.4 Å². The molecule has 1 N–H and O–H groups in total. The van der Waals surface area contributed by atoms with E-state index in [-0.39, 0.29) is 0 Å². The van der Waals surface area contributed by atoms with Gasteiger partial charge < -0.3 is 9.84 Å². The summed E-state index contributed by atoms with van der Waals surface area (Å²) in [5.74, 6) is 0.638. The van der Waals surface area contributed by atoms with Crippen LogP contribution in [0.1, 0.15) is 35.3 Å². The minimum absolute atomic E-state index is 0.492. The highest BCUT2D eigenvalue weighted by Crippen LogP contribution is 2.29. The second-order valence-corrected chi connectivity index (χ2v) is 5.43. The maximum atomic E-state index is 9.52. The summed E-state index contributed by atoms with van der Waals surface area (Å²) in [6, 6.07) is 11.6. The van der Waals surface area contributed by atoms with Crippen LogP contribution >= 0.6 is 11.6 Å². The number of hydrogen-bond acceptors (Lipinski definition) is 2. The van der Waals surface area contributed by atoms with Crippen molar-refractivity contribution in [1.82, 2.24) is 0 Å². The molecule has 0 aliphatic carbocycles. The van der Waals surface area contributed by atoms with E-state index in [0.717, 1.165) is 5.56 Å². The molecule has 0 spiro atoms. The first-order chi connectivity index (χ1) is 9.49. The van der Waals surface area contributed by atoms with Crippen LogP contribution in [-0.4, -0.2) is 5.11 Å². The molecule has 0 saturated heterocycles. The first-order valence-corrected chi connectivity index (χ1v) is 7.02. The molecule has 0 aromatic heterocycles. The number of rotatable bonds is 4. The average Bonchev–Trinajstić information content (AvgIpc) is 2.39. The van der Waals surface area contributed by atoms with E-state index in [1.54, 1.807) is 19.1 Å². The Labute approximate surface area is 125 Å². The van der Waals surface area contributed by atoms with Crippen LogP contribution in [-0.2, 0) is 6.61 Å². The third-order valence-corrected chi connectivity index (χ3v) is 3.75. The normalized spacial score (nSPS) is 12.2. The molecule has 0 amide bonds. The van der Waals surface area contributed by atoms with Crippen molar-refractivity contribution in [2.24, 2.45) is 0 Å². The minimum Gasteiger partial charge on any atom is -0.487 e. The van der Waals surface area contributed by atoms with Gasteiger partial charge in [-0.25, -0.2) is 0 Å². The van der Waals surface area contributed by atoms with Gasteiger partial charge in [0.15, 0.2) is 0 Å². The molecule has 0 radical (unpaired) electrons. The summed E-state index contributed by atoms with van der Waals surface area (Å²) in [4.78, 5) is 0. The minimum atomic E-state index is -0.528. The lowest BCUT2D eigenvalue weighted by Gasteiger charge is -2.13. The van der Waals surface area contributed by atoms with Crippen LogP contribution in [0, 0.1) is 13.8 Å². The Kier molecular flexibility index (Phi) is 4.69. The zero-order valence-corrected chi connectivity index (χ0v) is 12.7. The van der Waals surface area contributed by atoms with Crippen LogP contribution in [0.2, 0.25) is 5.02 Å². The van der Waals surface area contributed by atoms with Crippen molar-refractivity contribution in [1.29, 1.82) is 0 Å². The number of ether oxygens (including phenoxy) is 1. The Morgan fingerprint density at radius 3 is 2.35 bits per heavy atom. The fourth-order valence-corrected chi connectivity index (χ4v) is 2.36. The Bertz CT molecular complexity index is 586. The predicted molar refractivity (Wildman–Crippen MR) is 82.3 cm³/mol. The summed E-state index contributed by atoms with van der Waals surface area (Å²) in [7, 11) is 0. The average molecular weight is 291 g/mol. The number of aliphatic hydroxyl groups is 1. The second kappa shape index (κ2) is 6.29. The van der Waals surface area contributed by atoms with E-state index in [4.69, 9.17) is 16.3 Å². The number of hydrogen-bond donors (Lipinski definition) is 1. The Morgan fingerprint density at radius 2 is 1.80 bits per heavy atom.